The molecule has 2 heterocycles. The summed E-state index contributed by atoms with van der Waals surface area (Å²) >= 11 is 1.33. The van der Waals surface area contributed by atoms with Gasteiger partial charge in [0.1, 0.15) is 5.82 Å². The Bertz CT molecular complexity index is 1070. The molecule has 4 aromatic rings. The average molecular weight is 365 g/mol. The fourth-order valence-corrected chi connectivity index (χ4v) is 3.62. The second kappa shape index (κ2) is 7.09. The molecule has 2 N–H and O–H groups in total. The smallest absolute Gasteiger partial charge is 0.226 e. The lowest BCUT2D eigenvalue weighted by Crippen LogP contribution is -2.12. The van der Waals surface area contributed by atoms with Gasteiger partial charge >= 0.3 is 0 Å². The number of nitrogens with one attached hydrogen (secondary N) is 2. The van der Waals surface area contributed by atoms with Crippen molar-refractivity contribution in [1.82, 2.24) is 9.97 Å². The summed E-state index contributed by atoms with van der Waals surface area (Å²) in [5.41, 5.74) is 3.54. The van der Waals surface area contributed by atoms with Crippen molar-refractivity contribution in [3.8, 4) is 11.3 Å². The number of rotatable bonds is 5. The van der Waals surface area contributed by atoms with Gasteiger partial charge in [0.15, 0.2) is 5.13 Å². The molecule has 0 aliphatic heterocycles. The van der Waals surface area contributed by atoms with Crippen LogP contribution >= 0.6 is 11.3 Å². The quantitative estimate of drug-likeness (QED) is 0.523. The van der Waals surface area contributed by atoms with Gasteiger partial charge in [-0.1, -0.05) is 30.3 Å². The molecule has 0 saturated carbocycles. The maximum atomic E-state index is 13.3. The van der Waals surface area contributed by atoms with Gasteiger partial charge in [-0.2, -0.15) is 0 Å². The molecule has 0 bridgehead atoms. The van der Waals surface area contributed by atoms with E-state index in [4.69, 9.17) is 0 Å². The zero-order valence-corrected chi connectivity index (χ0v) is 14.6. The number of anilines is 1. The average Bonchev–Trinajstić information content (AvgIpc) is 3.27. The Morgan fingerprint density at radius 3 is 2.96 bits per heavy atom. The number of aryl methyl sites for hydroxylation is 1. The largest absolute Gasteiger partial charge is 0.361 e. The van der Waals surface area contributed by atoms with Gasteiger partial charge in [0, 0.05) is 34.5 Å². The van der Waals surface area contributed by atoms with E-state index in [0.717, 1.165) is 16.5 Å². The number of carbonyl (C=O) groups excluding carboxylic acids is 1. The van der Waals surface area contributed by atoms with E-state index in [1.54, 1.807) is 12.1 Å². The molecule has 4 rings (SSSR count). The molecule has 0 unspecified atom stereocenters. The van der Waals surface area contributed by atoms with Crippen LogP contribution in [0.1, 0.15) is 12.0 Å². The molecule has 0 atom stereocenters. The van der Waals surface area contributed by atoms with E-state index in [0.29, 0.717) is 29.2 Å². The van der Waals surface area contributed by atoms with E-state index < -0.39 is 0 Å². The fourth-order valence-electron chi connectivity index (χ4n) is 2.88. The zero-order valence-electron chi connectivity index (χ0n) is 13.8. The lowest BCUT2D eigenvalue weighted by atomic mass is 10.1. The van der Waals surface area contributed by atoms with Gasteiger partial charge in [0.2, 0.25) is 5.91 Å². The minimum atomic E-state index is -0.306. The van der Waals surface area contributed by atoms with Crippen LogP contribution in [0, 0.1) is 5.82 Å². The Kier molecular flexibility index (Phi) is 4.50. The topological polar surface area (TPSA) is 57.8 Å². The van der Waals surface area contributed by atoms with Gasteiger partial charge in [-0.15, -0.1) is 11.3 Å². The van der Waals surface area contributed by atoms with E-state index in [1.165, 1.54) is 23.5 Å². The SMILES string of the molecule is O=C(CCc1c[nH]c2ccccc12)Nc1nc(-c2cccc(F)c2)cs1. The molecular weight excluding hydrogens is 349 g/mol. The van der Waals surface area contributed by atoms with Crippen molar-refractivity contribution in [2.75, 3.05) is 5.32 Å². The first-order valence-electron chi connectivity index (χ1n) is 8.25. The molecule has 0 radical (unpaired) electrons. The molecule has 4 nitrogen and oxygen atoms in total. The number of para-hydroxylation sites is 1. The third-order valence-corrected chi connectivity index (χ3v) is 4.92. The normalized spacial score (nSPS) is 11.0. The highest BCUT2D eigenvalue weighted by molar-refractivity contribution is 7.14. The summed E-state index contributed by atoms with van der Waals surface area (Å²) in [6.07, 6.45) is 2.97. The van der Waals surface area contributed by atoms with Gasteiger partial charge in [0.05, 0.1) is 5.69 Å². The van der Waals surface area contributed by atoms with Gasteiger partial charge in [0.25, 0.3) is 0 Å². The van der Waals surface area contributed by atoms with E-state index in [1.807, 2.05) is 35.8 Å². The molecular formula is C20H16FN3OS. The first kappa shape index (κ1) is 16.5. The lowest BCUT2D eigenvalue weighted by Gasteiger charge is -2.02. The van der Waals surface area contributed by atoms with Crippen LogP contribution in [-0.4, -0.2) is 15.9 Å². The highest BCUT2D eigenvalue weighted by Crippen LogP contribution is 2.25. The Morgan fingerprint density at radius 2 is 2.08 bits per heavy atom. The molecule has 0 fully saturated rings. The van der Waals surface area contributed by atoms with Gasteiger partial charge in [-0.3, -0.25) is 4.79 Å². The summed E-state index contributed by atoms with van der Waals surface area (Å²) in [5.74, 6) is -0.393. The fraction of sp³-hybridized carbons (Fsp3) is 0.100. The second-order valence-electron chi connectivity index (χ2n) is 5.96. The summed E-state index contributed by atoms with van der Waals surface area (Å²) in [7, 11) is 0. The Labute approximate surface area is 153 Å². The van der Waals surface area contributed by atoms with E-state index in [2.05, 4.69) is 15.3 Å². The van der Waals surface area contributed by atoms with Crippen LogP contribution in [0.2, 0.25) is 0 Å². The molecule has 6 heteroatoms. The molecule has 130 valence electrons. The summed E-state index contributed by atoms with van der Waals surface area (Å²) < 4.78 is 13.3. The van der Waals surface area contributed by atoms with E-state index >= 15 is 0 Å². The van der Waals surface area contributed by atoms with Crippen LogP contribution in [0.25, 0.3) is 22.2 Å². The first-order valence-corrected chi connectivity index (χ1v) is 9.13. The Balaban J connectivity index is 1.39. The summed E-state index contributed by atoms with van der Waals surface area (Å²) in [4.78, 5) is 19.8. The van der Waals surface area contributed by atoms with Gasteiger partial charge in [-0.25, -0.2) is 9.37 Å². The number of amides is 1. The molecule has 0 spiro atoms. The molecule has 0 aliphatic rings. The number of aromatic amines is 1. The van der Waals surface area contributed by atoms with Crippen LogP contribution in [0.15, 0.2) is 60.1 Å². The highest BCUT2D eigenvalue weighted by atomic mass is 32.1. The molecule has 0 saturated heterocycles. The highest BCUT2D eigenvalue weighted by Gasteiger charge is 2.10. The number of H-pyrrole nitrogens is 1. The molecule has 0 aliphatic carbocycles. The van der Waals surface area contributed by atoms with Crippen molar-refractivity contribution < 1.29 is 9.18 Å². The number of hydrogen-bond acceptors (Lipinski definition) is 3. The minimum absolute atomic E-state index is 0.0876. The summed E-state index contributed by atoms with van der Waals surface area (Å²) in [6.45, 7) is 0. The van der Waals surface area contributed by atoms with Crippen LogP contribution in [0.4, 0.5) is 9.52 Å². The second-order valence-corrected chi connectivity index (χ2v) is 6.81. The van der Waals surface area contributed by atoms with Crippen molar-refractivity contribution in [1.29, 1.82) is 0 Å². The maximum absolute atomic E-state index is 13.3. The van der Waals surface area contributed by atoms with Crippen molar-refractivity contribution in [2.24, 2.45) is 0 Å². The number of fused-ring (bicyclic) bond motifs is 1. The van der Waals surface area contributed by atoms with E-state index in [-0.39, 0.29) is 11.7 Å². The van der Waals surface area contributed by atoms with Crippen molar-refractivity contribution in [3.63, 3.8) is 0 Å². The van der Waals surface area contributed by atoms with Gasteiger partial charge < -0.3 is 10.3 Å². The summed E-state index contributed by atoms with van der Waals surface area (Å²) in [6, 6.07) is 14.3. The predicted molar refractivity (Wildman–Crippen MR) is 103 cm³/mol. The third kappa shape index (κ3) is 3.50. The minimum Gasteiger partial charge on any atom is -0.361 e. The van der Waals surface area contributed by atoms with Crippen LogP contribution in [-0.2, 0) is 11.2 Å². The Morgan fingerprint density at radius 1 is 1.19 bits per heavy atom. The monoisotopic (exact) mass is 365 g/mol. The number of carbonyl (C=O) groups is 1. The lowest BCUT2D eigenvalue weighted by molar-refractivity contribution is -0.116. The first-order chi connectivity index (χ1) is 12.7. The standard InChI is InChI=1S/C20H16FN3OS/c21-15-5-3-4-13(10-15)18-12-26-20(23-18)24-19(25)9-8-14-11-22-17-7-2-1-6-16(14)17/h1-7,10-12,22H,8-9H2,(H,23,24,25). The van der Waals surface area contributed by atoms with Crippen molar-refractivity contribution in [3.05, 3.63) is 71.5 Å². The third-order valence-electron chi connectivity index (χ3n) is 4.17. The number of aromatic nitrogens is 2. The number of halogens is 1. The Hall–Kier alpha value is -2.99. The number of thiazole rings is 1. The predicted octanol–water partition coefficient (Wildman–Crippen LogP) is 5.00. The van der Waals surface area contributed by atoms with E-state index in [9.17, 15) is 9.18 Å². The molecule has 1 amide bonds. The molecule has 2 aromatic heterocycles. The number of hydrogen-bond donors (Lipinski definition) is 2. The number of nitrogens with zero attached hydrogens (tertiary/aromatic N) is 1. The molecule has 2 aromatic carbocycles. The maximum Gasteiger partial charge on any atom is 0.226 e. The van der Waals surface area contributed by atoms with Crippen LogP contribution in [0.5, 0.6) is 0 Å². The molecule has 26 heavy (non-hydrogen) atoms. The van der Waals surface area contributed by atoms with Gasteiger partial charge in [-0.05, 0) is 30.2 Å². The summed E-state index contributed by atoms with van der Waals surface area (Å²) in [5, 5.41) is 6.29. The van der Waals surface area contributed by atoms with Crippen molar-refractivity contribution >= 4 is 33.3 Å². The van der Waals surface area contributed by atoms with Crippen molar-refractivity contribution in [2.45, 2.75) is 12.8 Å². The van der Waals surface area contributed by atoms with Crippen LogP contribution in [0.3, 0.4) is 0 Å². The zero-order chi connectivity index (χ0) is 17.9. The van der Waals surface area contributed by atoms with Crippen LogP contribution < -0.4 is 5.32 Å². The number of benzene rings is 2.